The first-order valence-corrected chi connectivity index (χ1v) is 8.07. The minimum absolute atomic E-state index is 0.00979. The Kier molecular flexibility index (Phi) is 3.83. The lowest BCUT2D eigenvalue weighted by Crippen LogP contribution is -2.31. The van der Waals surface area contributed by atoms with E-state index in [9.17, 15) is 4.79 Å². The molecule has 0 N–H and O–H groups in total. The lowest BCUT2D eigenvalue weighted by Gasteiger charge is -2.23. The maximum absolute atomic E-state index is 12.9. The van der Waals surface area contributed by atoms with Gasteiger partial charge in [0.15, 0.2) is 11.5 Å². The minimum Gasteiger partial charge on any atom is -0.355 e. The molecule has 1 aliphatic rings. The van der Waals surface area contributed by atoms with Crippen molar-refractivity contribution in [1.29, 1.82) is 0 Å². The van der Waals surface area contributed by atoms with E-state index in [1.54, 1.807) is 12.3 Å². The number of likely N-dealkylation sites (tertiary alicyclic amines) is 1. The number of nitrogens with zero attached hydrogens (tertiary/aromatic N) is 3. The van der Waals surface area contributed by atoms with Crippen molar-refractivity contribution in [2.75, 3.05) is 6.54 Å². The third kappa shape index (κ3) is 2.69. The van der Waals surface area contributed by atoms with Gasteiger partial charge < -0.3 is 9.42 Å². The molecule has 1 aliphatic heterocycles. The van der Waals surface area contributed by atoms with Crippen LogP contribution in [0, 0.1) is 0 Å². The highest BCUT2D eigenvalue weighted by molar-refractivity contribution is 5.93. The lowest BCUT2D eigenvalue weighted by molar-refractivity contribution is 0.0722. The van der Waals surface area contributed by atoms with E-state index in [4.69, 9.17) is 4.52 Å². The third-order valence-electron chi connectivity index (χ3n) is 4.33. The highest BCUT2D eigenvalue weighted by Crippen LogP contribution is 2.32. The van der Waals surface area contributed by atoms with Gasteiger partial charge in [0.05, 0.1) is 11.7 Å². The van der Waals surface area contributed by atoms with E-state index in [0.717, 1.165) is 24.1 Å². The molecule has 0 spiro atoms. The lowest BCUT2D eigenvalue weighted by atomic mass is 10.1. The van der Waals surface area contributed by atoms with Crippen molar-refractivity contribution in [3.05, 3.63) is 72.2 Å². The van der Waals surface area contributed by atoms with Gasteiger partial charge in [-0.2, -0.15) is 0 Å². The smallest absolute Gasteiger partial charge is 0.276 e. The first-order chi connectivity index (χ1) is 11.8. The second-order valence-electron chi connectivity index (χ2n) is 5.85. The zero-order valence-electron chi connectivity index (χ0n) is 13.1. The summed E-state index contributed by atoms with van der Waals surface area (Å²) in [4.78, 5) is 19.1. The van der Waals surface area contributed by atoms with Gasteiger partial charge in [0.1, 0.15) is 0 Å². The van der Waals surface area contributed by atoms with Crippen molar-refractivity contribution in [1.82, 2.24) is 15.0 Å². The molecule has 5 heteroatoms. The number of carbonyl (C=O) groups excluding carboxylic acids is 1. The van der Waals surface area contributed by atoms with E-state index in [1.165, 1.54) is 0 Å². The van der Waals surface area contributed by atoms with Gasteiger partial charge >= 0.3 is 0 Å². The maximum Gasteiger partial charge on any atom is 0.276 e. The SMILES string of the molecule is O=C(c1cc(-c2ccccc2)on1)N1CCCC1c1ccccn1. The number of benzene rings is 1. The Balaban J connectivity index is 1.58. The Labute approximate surface area is 139 Å². The molecule has 0 radical (unpaired) electrons. The summed E-state index contributed by atoms with van der Waals surface area (Å²) in [7, 11) is 0. The van der Waals surface area contributed by atoms with Crippen LogP contribution >= 0.6 is 0 Å². The van der Waals surface area contributed by atoms with Crippen molar-refractivity contribution < 1.29 is 9.32 Å². The van der Waals surface area contributed by atoms with Crippen molar-refractivity contribution >= 4 is 5.91 Å². The largest absolute Gasteiger partial charge is 0.355 e. The summed E-state index contributed by atoms with van der Waals surface area (Å²) in [6.45, 7) is 0.716. The van der Waals surface area contributed by atoms with Crippen LogP contribution in [0.4, 0.5) is 0 Å². The molecule has 0 saturated carbocycles. The molecule has 24 heavy (non-hydrogen) atoms. The number of amides is 1. The number of rotatable bonds is 3. The number of hydrogen-bond acceptors (Lipinski definition) is 4. The van der Waals surface area contributed by atoms with Crippen molar-refractivity contribution in [2.24, 2.45) is 0 Å². The zero-order valence-corrected chi connectivity index (χ0v) is 13.1. The Morgan fingerprint density at radius 1 is 1.12 bits per heavy atom. The fourth-order valence-corrected chi connectivity index (χ4v) is 3.15. The normalized spacial score (nSPS) is 17.2. The quantitative estimate of drug-likeness (QED) is 0.738. The molecule has 1 amide bonds. The monoisotopic (exact) mass is 319 g/mol. The predicted molar refractivity (Wildman–Crippen MR) is 89.2 cm³/mol. The van der Waals surface area contributed by atoms with Crippen LogP contribution in [0.1, 0.15) is 35.1 Å². The molecule has 3 heterocycles. The molecule has 5 nitrogen and oxygen atoms in total. The Morgan fingerprint density at radius 2 is 1.96 bits per heavy atom. The molecule has 0 aliphatic carbocycles. The molecule has 1 saturated heterocycles. The van der Waals surface area contributed by atoms with Crippen LogP contribution in [0.25, 0.3) is 11.3 Å². The van der Waals surface area contributed by atoms with E-state index in [1.807, 2.05) is 53.4 Å². The number of hydrogen-bond donors (Lipinski definition) is 0. The summed E-state index contributed by atoms with van der Waals surface area (Å²) < 4.78 is 5.36. The number of pyridine rings is 1. The van der Waals surface area contributed by atoms with Gasteiger partial charge in [0.25, 0.3) is 5.91 Å². The van der Waals surface area contributed by atoms with Crippen LogP contribution in [-0.2, 0) is 0 Å². The Morgan fingerprint density at radius 3 is 2.75 bits per heavy atom. The molecule has 3 aromatic rings. The van der Waals surface area contributed by atoms with Crippen molar-refractivity contribution in [3.63, 3.8) is 0 Å². The first-order valence-electron chi connectivity index (χ1n) is 8.07. The Bertz CT molecular complexity index is 830. The second-order valence-corrected chi connectivity index (χ2v) is 5.85. The van der Waals surface area contributed by atoms with E-state index < -0.39 is 0 Å². The highest BCUT2D eigenvalue weighted by atomic mass is 16.5. The molecule has 2 aromatic heterocycles. The number of aromatic nitrogens is 2. The van der Waals surface area contributed by atoms with Gasteiger partial charge in [0, 0.05) is 24.4 Å². The molecular weight excluding hydrogens is 302 g/mol. The van der Waals surface area contributed by atoms with Crippen LogP contribution in [-0.4, -0.2) is 27.5 Å². The topological polar surface area (TPSA) is 59.2 Å². The van der Waals surface area contributed by atoms with Gasteiger partial charge in [-0.15, -0.1) is 0 Å². The molecular formula is C19H17N3O2. The van der Waals surface area contributed by atoms with E-state index in [-0.39, 0.29) is 11.9 Å². The minimum atomic E-state index is -0.103. The summed E-state index contributed by atoms with van der Waals surface area (Å²) in [6, 6.07) is 17.2. The molecule has 1 unspecified atom stereocenters. The van der Waals surface area contributed by atoms with Gasteiger partial charge in [-0.3, -0.25) is 9.78 Å². The molecule has 4 rings (SSSR count). The summed E-state index contributed by atoms with van der Waals surface area (Å²) in [5.41, 5.74) is 2.18. The average Bonchev–Trinajstić information content (AvgIpc) is 3.32. The Hall–Kier alpha value is -2.95. The highest BCUT2D eigenvalue weighted by Gasteiger charge is 2.32. The fourth-order valence-electron chi connectivity index (χ4n) is 3.15. The average molecular weight is 319 g/mol. The summed E-state index contributed by atoms with van der Waals surface area (Å²) in [5.74, 6) is 0.501. The molecule has 0 bridgehead atoms. The molecule has 1 atom stereocenters. The van der Waals surface area contributed by atoms with E-state index in [0.29, 0.717) is 18.0 Å². The van der Waals surface area contributed by atoms with Crippen LogP contribution in [0.3, 0.4) is 0 Å². The van der Waals surface area contributed by atoms with Crippen LogP contribution in [0.5, 0.6) is 0 Å². The van der Waals surface area contributed by atoms with Gasteiger partial charge in [-0.05, 0) is 25.0 Å². The van der Waals surface area contributed by atoms with Gasteiger partial charge in [-0.1, -0.05) is 41.6 Å². The fraction of sp³-hybridized carbons (Fsp3) is 0.211. The zero-order chi connectivity index (χ0) is 16.4. The van der Waals surface area contributed by atoms with Crippen LogP contribution in [0.2, 0.25) is 0 Å². The molecule has 1 fully saturated rings. The first kappa shape index (κ1) is 14.6. The van der Waals surface area contributed by atoms with Crippen LogP contribution in [0.15, 0.2) is 65.3 Å². The summed E-state index contributed by atoms with van der Waals surface area (Å²) in [5, 5.41) is 3.98. The summed E-state index contributed by atoms with van der Waals surface area (Å²) in [6.07, 6.45) is 3.66. The molecule has 120 valence electrons. The predicted octanol–water partition coefficient (Wildman–Crippen LogP) is 3.71. The van der Waals surface area contributed by atoms with Crippen LogP contribution < -0.4 is 0 Å². The van der Waals surface area contributed by atoms with E-state index in [2.05, 4.69) is 10.1 Å². The third-order valence-corrected chi connectivity index (χ3v) is 4.33. The van der Waals surface area contributed by atoms with Gasteiger partial charge in [-0.25, -0.2) is 0 Å². The maximum atomic E-state index is 12.9. The van der Waals surface area contributed by atoms with E-state index >= 15 is 0 Å². The van der Waals surface area contributed by atoms with Crippen molar-refractivity contribution in [3.8, 4) is 11.3 Å². The summed E-state index contributed by atoms with van der Waals surface area (Å²) >= 11 is 0. The molecule has 1 aromatic carbocycles. The second kappa shape index (κ2) is 6.28. The van der Waals surface area contributed by atoms with Gasteiger partial charge in [0.2, 0.25) is 0 Å². The number of carbonyl (C=O) groups is 1. The standard InChI is InChI=1S/C19H17N3O2/c23-19(16-13-18(24-21-16)14-7-2-1-3-8-14)22-12-6-10-17(22)15-9-4-5-11-20-15/h1-5,7-9,11,13,17H,6,10,12H2. The van der Waals surface area contributed by atoms with Crippen molar-refractivity contribution in [2.45, 2.75) is 18.9 Å².